The fourth-order valence-electron chi connectivity index (χ4n) is 5.37. The van der Waals surface area contributed by atoms with Crippen LogP contribution >= 0.6 is 0 Å². The van der Waals surface area contributed by atoms with Crippen molar-refractivity contribution >= 4 is 10.8 Å². The van der Waals surface area contributed by atoms with Gasteiger partial charge in [0, 0.05) is 11.3 Å². The topological polar surface area (TPSA) is 0 Å². The first-order chi connectivity index (χ1) is 16.7. The highest BCUT2D eigenvalue weighted by molar-refractivity contribution is 5.89. The Morgan fingerprint density at radius 3 is 2.40 bits per heavy atom. The third-order valence-corrected chi connectivity index (χ3v) is 7.36. The molecular formula is C30H25F5. The number of aryl methyl sites for hydroxylation is 1. The third-order valence-electron chi connectivity index (χ3n) is 7.36. The summed E-state index contributed by atoms with van der Waals surface area (Å²) in [5.74, 6) is 1.75. The standard InChI is InChI=1S/C30H25F5/c1-18-2-4-19(5-3-18)20-6-7-22-15-23(9-8-21(22)14-20)24-10-11-26-25(16-24)17-28(31)27(29(26)32)12-13-30(33,34)35/h4,8-11,15-18,20H,2-3,5-7,14H2,1H3. The molecule has 2 atom stereocenters. The van der Waals surface area contributed by atoms with Gasteiger partial charge in [-0.2, -0.15) is 13.2 Å². The van der Waals surface area contributed by atoms with Crippen LogP contribution in [0.3, 0.4) is 0 Å². The summed E-state index contributed by atoms with van der Waals surface area (Å²) in [6, 6.07) is 12.3. The molecule has 0 amide bonds. The number of hydrogen-bond donors (Lipinski definition) is 0. The molecule has 0 aromatic heterocycles. The van der Waals surface area contributed by atoms with Gasteiger partial charge >= 0.3 is 6.18 Å². The summed E-state index contributed by atoms with van der Waals surface area (Å²) in [5.41, 5.74) is 5.16. The van der Waals surface area contributed by atoms with Crippen molar-refractivity contribution in [2.24, 2.45) is 11.8 Å². The largest absolute Gasteiger partial charge is 0.458 e. The lowest BCUT2D eigenvalue weighted by Crippen LogP contribution is -2.18. The van der Waals surface area contributed by atoms with Gasteiger partial charge in [0.15, 0.2) is 0 Å². The molecule has 0 heterocycles. The SMILES string of the molecule is CC1CC=C(C2CCc3cc(-c4ccc5c(F)c(C#CC(F)(F)F)c(F)cc5c4)ccc3C2)CC1. The van der Waals surface area contributed by atoms with Crippen molar-refractivity contribution in [2.45, 2.75) is 51.6 Å². The number of benzene rings is 3. The van der Waals surface area contributed by atoms with Crippen LogP contribution in [0, 0.1) is 35.3 Å². The molecule has 5 heteroatoms. The van der Waals surface area contributed by atoms with Crippen molar-refractivity contribution in [1.29, 1.82) is 0 Å². The van der Waals surface area contributed by atoms with Crippen LogP contribution in [0.15, 0.2) is 54.1 Å². The van der Waals surface area contributed by atoms with Crippen LogP contribution in [0.2, 0.25) is 0 Å². The smallest absolute Gasteiger partial charge is 0.205 e. The predicted octanol–water partition coefficient (Wildman–Crippen LogP) is 8.55. The monoisotopic (exact) mass is 480 g/mol. The average Bonchev–Trinajstić information content (AvgIpc) is 2.82. The zero-order chi connectivity index (χ0) is 24.7. The second kappa shape index (κ2) is 9.15. The number of rotatable bonds is 2. The fraction of sp³-hybridized carbons (Fsp3) is 0.333. The van der Waals surface area contributed by atoms with Gasteiger partial charge < -0.3 is 0 Å². The maximum Gasteiger partial charge on any atom is 0.458 e. The van der Waals surface area contributed by atoms with Gasteiger partial charge in [0.1, 0.15) is 11.6 Å². The van der Waals surface area contributed by atoms with Gasteiger partial charge in [-0.3, -0.25) is 0 Å². The van der Waals surface area contributed by atoms with Crippen LogP contribution in [0.5, 0.6) is 0 Å². The molecule has 3 aromatic rings. The van der Waals surface area contributed by atoms with Crippen molar-refractivity contribution in [3.8, 4) is 23.0 Å². The first kappa shape index (κ1) is 23.6. The molecule has 5 rings (SSSR count). The molecule has 3 aromatic carbocycles. The molecule has 0 spiro atoms. The summed E-state index contributed by atoms with van der Waals surface area (Å²) in [6.07, 6.45) is 4.45. The number of fused-ring (bicyclic) bond motifs is 2. The lowest BCUT2D eigenvalue weighted by atomic mass is 9.75. The summed E-state index contributed by atoms with van der Waals surface area (Å²) >= 11 is 0. The lowest BCUT2D eigenvalue weighted by molar-refractivity contribution is -0.0696. The summed E-state index contributed by atoms with van der Waals surface area (Å²) in [4.78, 5) is 0. The van der Waals surface area contributed by atoms with Crippen molar-refractivity contribution in [3.63, 3.8) is 0 Å². The van der Waals surface area contributed by atoms with E-state index < -0.39 is 23.4 Å². The Balaban J connectivity index is 1.43. The van der Waals surface area contributed by atoms with Gasteiger partial charge in [0.25, 0.3) is 0 Å². The Hall–Kier alpha value is -3.13. The summed E-state index contributed by atoms with van der Waals surface area (Å²) in [6.45, 7) is 2.31. The molecule has 0 bridgehead atoms. The lowest BCUT2D eigenvalue weighted by Gasteiger charge is -2.30. The van der Waals surface area contributed by atoms with E-state index in [1.54, 1.807) is 23.6 Å². The van der Waals surface area contributed by atoms with Gasteiger partial charge in [-0.1, -0.05) is 54.8 Å². The normalized spacial score (nSPS) is 20.1. The van der Waals surface area contributed by atoms with E-state index in [1.165, 1.54) is 36.5 Å². The van der Waals surface area contributed by atoms with Crippen molar-refractivity contribution in [2.75, 3.05) is 0 Å². The fourth-order valence-corrected chi connectivity index (χ4v) is 5.37. The van der Waals surface area contributed by atoms with E-state index in [9.17, 15) is 22.0 Å². The second-order valence-electron chi connectivity index (χ2n) is 9.81. The first-order valence-corrected chi connectivity index (χ1v) is 12.0. The molecule has 0 saturated carbocycles. The van der Waals surface area contributed by atoms with Crippen LogP contribution in [0.1, 0.15) is 49.3 Å². The molecule has 35 heavy (non-hydrogen) atoms. The molecule has 2 unspecified atom stereocenters. The van der Waals surface area contributed by atoms with E-state index in [-0.39, 0.29) is 10.8 Å². The Bertz CT molecular complexity index is 1380. The number of allylic oxidation sites excluding steroid dienone is 2. The number of hydrogen-bond acceptors (Lipinski definition) is 0. The van der Waals surface area contributed by atoms with Crippen LogP contribution in [0.25, 0.3) is 21.9 Å². The van der Waals surface area contributed by atoms with E-state index in [0.717, 1.165) is 48.3 Å². The maximum atomic E-state index is 14.8. The summed E-state index contributed by atoms with van der Waals surface area (Å²) < 4.78 is 66.3. The minimum Gasteiger partial charge on any atom is -0.205 e. The molecule has 0 saturated heterocycles. The van der Waals surface area contributed by atoms with Gasteiger partial charge in [-0.05, 0) is 90.1 Å². The van der Waals surface area contributed by atoms with Gasteiger partial charge in [0.05, 0.1) is 5.56 Å². The second-order valence-corrected chi connectivity index (χ2v) is 9.81. The zero-order valence-electron chi connectivity index (χ0n) is 19.4. The van der Waals surface area contributed by atoms with E-state index >= 15 is 0 Å². The quantitative estimate of drug-likeness (QED) is 0.196. The van der Waals surface area contributed by atoms with Crippen molar-refractivity contribution in [1.82, 2.24) is 0 Å². The average molecular weight is 481 g/mol. The van der Waals surface area contributed by atoms with E-state index in [0.29, 0.717) is 5.92 Å². The highest BCUT2D eigenvalue weighted by atomic mass is 19.4. The highest BCUT2D eigenvalue weighted by Crippen LogP contribution is 2.37. The summed E-state index contributed by atoms with van der Waals surface area (Å²) in [5, 5.41) is 0.323. The minimum absolute atomic E-state index is 0.0394. The Kier molecular flexibility index (Phi) is 6.17. The predicted molar refractivity (Wildman–Crippen MR) is 129 cm³/mol. The molecule has 0 aliphatic heterocycles. The van der Waals surface area contributed by atoms with Crippen LogP contribution in [0.4, 0.5) is 22.0 Å². The van der Waals surface area contributed by atoms with Crippen molar-refractivity contribution in [3.05, 3.63) is 82.4 Å². The van der Waals surface area contributed by atoms with Crippen LogP contribution < -0.4 is 0 Å². The maximum absolute atomic E-state index is 14.8. The van der Waals surface area contributed by atoms with E-state index in [2.05, 4.69) is 25.1 Å². The van der Waals surface area contributed by atoms with E-state index in [1.807, 2.05) is 6.07 Å². The molecule has 2 aliphatic carbocycles. The van der Waals surface area contributed by atoms with Gasteiger partial charge in [0.2, 0.25) is 0 Å². The van der Waals surface area contributed by atoms with Crippen molar-refractivity contribution < 1.29 is 22.0 Å². The number of alkyl halides is 3. The van der Waals surface area contributed by atoms with Gasteiger partial charge in [-0.15, -0.1) is 0 Å². The molecule has 180 valence electrons. The zero-order valence-corrected chi connectivity index (χ0v) is 19.4. The molecular weight excluding hydrogens is 455 g/mol. The van der Waals surface area contributed by atoms with E-state index in [4.69, 9.17) is 0 Å². The molecule has 2 aliphatic rings. The Morgan fingerprint density at radius 1 is 0.886 bits per heavy atom. The van der Waals surface area contributed by atoms with Crippen LogP contribution in [-0.2, 0) is 12.8 Å². The third kappa shape index (κ3) is 4.98. The summed E-state index contributed by atoms with van der Waals surface area (Å²) in [7, 11) is 0. The first-order valence-electron chi connectivity index (χ1n) is 12.0. The van der Waals surface area contributed by atoms with Crippen LogP contribution in [-0.4, -0.2) is 6.18 Å². The molecule has 0 fully saturated rings. The minimum atomic E-state index is -4.82. The Morgan fingerprint density at radius 2 is 1.66 bits per heavy atom. The molecule has 0 radical (unpaired) electrons. The molecule has 0 N–H and O–H groups in total. The molecule has 0 nitrogen and oxygen atoms in total. The Labute approximate surface area is 201 Å². The highest BCUT2D eigenvalue weighted by Gasteiger charge is 2.25. The number of halogens is 5. The van der Waals surface area contributed by atoms with Gasteiger partial charge in [-0.25, -0.2) is 8.78 Å².